The molecular formula is C15H17ClF3NO3. The summed E-state index contributed by atoms with van der Waals surface area (Å²) in [5, 5.41) is 1.79. The number of halogens is 4. The molecule has 0 aromatic heterocycles. The SMILES string of the molecule is O=C(Nc1ccc(CCO[C@@H]2CCCCO2)cc1Cl)C(F)(F)F. The van der Waals surface area contributed by atoms with Gasteiger partial charge in [-0.2, -0.15) is 13.2 Å². The summed E-state index contributed by atoms with van der Waals surface area (Å²) in [6.07, 6.45) is -1.61. The topological polar surface area (TPSA) is 47.6 Å². The van der Waals surface area contributed by atoms with Gasteiger partial charge in [0.1, 0.15) is 0 Å². The maximum absolute atomic E-state index is 12.2. The average molecular weight is 352 g/mol. The van der Waals surface area contributed by atoms with Crippen LogP contribution in [0.15, 0.2) is 18.2 Å². The van der Waals surface area contributed by atoms with Crippen molar-refractivity contribution in [3.63, 3.8) is 0 Å². The summed E-state index contributed by atoms with van der Waals surface area (Å²) >= 11 is 5.90. The summed E-state index contributed by atoms with van der Waals surface area (Å²) in [6.45, 7) is 1.12. The van der Waals surface area contributed by atoms with Crippen molar-refractivity contribution in [2.24, 2.45) is 0 Å². The predicted octanol–water partition coefficient (Wildman–Crippen LogP) is 3.93. The Kier molecular flexibility index (Phi) is 6.26. The smallest absolute Gasteiger partial charge is 0.353 e. The van der Waals surface area contributed by atoms with E-state index in [4.69, 9.17) is 21.1 Å². The summed E-state index contributed by atoms with van der Waals surface area (Å²) < 4.78 is 47.6. The molecule has 1 heterocycles. The fourth-order valence-corrected chi connectivity index (χ4v) is 2.41. The number of carbonyl (C=O) groups excluding carboxylic acids is 1. The number of nitrogens with one attached hydrogen (secondary N) is 1. The number of rotatable bonds is 5. The van der Waals surface area contributed by atoms with E-state index >= 15 is 0 Å². The van der Waals surface area contributed by atoms with E-state index in [-0.39, 0.29) is 17.0 Å². The number of amides is 1. The number of carbonyl (C=O) groups is 1. The molecule has 0 radical (unpaired) electrons. The molecule has 0 bridgehead atoms. The van der Waals surface area contributed by atoms with Gasteiger partial charge in [-0.15, -0.1) is 0 Å². The Bertz CT molecular complexity index is 545. The van der Waals surface area contributed by atoms with Crippen molar-refractivity contribution < 1.29 is 27.4 Å². The van der Waals surface area contributed by atoms with Crippen molar-refractivity contribution in [3.8, 4) is 0 Å². The minimum atomic E-state index is -4.95. The van der Waals surface area contributed by atoms with E-state index in [1.54, 1.807) is 11.4 Å². The molecule has 1 saturated heterocycles. The maximum Gasteiger partial charge on any atom is 0.471 e. The standard InChI is InChI=1S/C15H17ClF3NO3/c16-11-9-10(6-8-23-13-3-1-2-7-22-13)4-5-12(11)20-14(21)15(17,18)19/h4-5,9,13H,1-3,6-8H2,(H,20,21)/t13-/m1/s1. The second-order valence-corrected chi connectivity index (χ2v) is 5.59. The van der Waals surface area contributed by atoms with Gasteiger partial charge in [-0.25, -0.2) is 0 Å². The zero-order valence-corrected chi connectivity index (χ0v) is 13.0. The Labute approximate surface area is 136 Å². The number of ether oxygens (including phenoxy) is 2. The van der Waals surface area contributed by atoms with Crippen LogP contribution in [0.1, 0.15) is 24.8 Å². The van der Waals surface area contributed by atoms with Crippen LogP contribution in [0.4, 0.5) is 18.9 Å². The lowest BCUT2D eigenvalue weighted by Crippen LogP contribution is -2.30. The van der Waals surface area contributed by atoms with Gasteiger partial charge in [0.05, 0.1) is 17.3 Å². The monoisotopic (exact) mass is 351 g/mol. The molecule has 1 aromatic rings. The van der Waals surface area contributed by atoms with Crippen molar-refractivity contribution in [1.29, 1.82) is 0 Å². The van der Waals surface area contributed by atoms with Crippen LogP contribution in [0.2, 0.25) is 5.02 Å². The van der Waals surface area contributed by atoms with Crippen LogP contribution in [-0.2, 0) is 20.7 Å². The number of anilines is 1. The molecule has 1 aliphatic heterocycles. The molecular weight excluding hydrogens is 335 g/mol. The number of benzene rings is 1. The van der Waals surface area contributed by atoms with Gasteiger partial charge in [0.15, 0.2) is 6.29 Å². The second kappa shape index (κ2) is 7.99. The highest BCUT2D eigenvalue weighted by Gasteiger charge is 2.38. The third-order valence-corrected chi connectivity index (χ3v) is 3.68. The Morgan fingerprint density at radius 1 is 1.39 bits per heavy atom. The fraction of sp³-hybridized carbons (Fsp3) is 0.533. The Morgan fingerprint density at radius 3 is 2.78 bits per heavy atom. The van der Waals surface area contributed by atoms with Gasteiger partial charge in [0.2, 0.25) is 0 Å². The van der Waals surface area contributed by atoms with Crippen molar-refractivity contribution >= 4 is 23.2 Å². The highest BCUT2D eigenvalue weighted by molar-refractivity contribution is 6.33. The minimum Gasteiger partial charge on any atom is -0.353 e. The zero-order valence-electron chi connectivity index (χ0n) is 12.3. The van der Waals surface area contributed by atoms with Crippen LogP contribution < -0.4 is 5.32 Å². The highest BCUT2D eigenvalue weighted by Crippen LogP contribution is 2.26. The van der Waals surface area contributed by atoms with Crippen molar-refractivity contribution in [3.05, 3.63) is 28.8 Å². The van der Waals surface area contributed by atoms with E-state index in [0.29, 0.717) is 19.6 Å². The lowest BCUT2D eigenvalue weighted by Gasteiger charge is -2.22. The summed E-state index contributed by atoms with van der Waals surface area (Å²) in [5.41, 5.74) is 0.727. The molecule has 23 heavy (non-hydrogen) atoms. The molecule has 1 aromatic carbocycles. The third kappa shape index (κ3) is 5.67. The van der Waals surface area contributed by atoms with Gasteiger partial charge < -0.3 is 14.8 Å². The van der Waals surface area contributed by atoms with E-state index in [2.05, 4.69) is 0 Å². The van der Waals surface area contributed by atoms with Crippen LogP contribution >= 0.6 is 11.6 Å². The summed E-state index contributed by atoms with van der Waals surface area (Å²) in [4.78, 5) is 10.9. The molecule has 0 spiro atoms. The third-order valence-electron chi connectivity index (χ3n) is 3.37. The van der Waals surface area contributed by atoms with Gasteiger partial charge in [0.25, 0.3) is 0 Å². The molecule has 8 heteroatoms. The predicted molar refractivity (Wildman–Crippen MR) is 79.4 cm³/mol. The normalized spacial score (nSPS) is 18.7. The molecule has 1 atom stereocenters. The molecule has 1 fully saturated rings. The Morgan fingerprint density at radius 2 is 2.17 bits per heavy atom. The lowest BCUT2D eigenvalue weighted by molar-refractivity contribution is -0.167. The van der Waals surface area contributed by atoms with Gasteiger partial charge in [0, 0.05) is 6.61 Å². The average Bonchev–Trinajstić information content (AvgIpc) is 2.50. The Hall–Kier alpha value is -1.31. The van der Waals surface area contributed by atoms with E-state index in [1.165, 1.54) is 12.1 Å². The molecule has 0 saturated carbocycles. The number of hydrogen-bond acceptors (Lipinski definition) is 3. The first-order valence-corrected chi connectivity index (χ1v) is 7.64. The lowest BCUT2D eigenvalue weighted by atomic mass is 10.1. The largest absolute Gasteiger partial charge is 0.471 e. The molecule has 0 unspecified atom stereocenters. The molecule has 1 N–H and O–H groups in total. The quantitative estimate of drug-likeness (QED) is 0.874. The van der Waals surface area contributed by atoms with Gasteiger partial charge in [-0.05, 0) is 43.4 Å². The van der Waals surface area contributed by atoms with Crippen LogP contribution in [0.5, 0.6) is 0 Å². The first-order chi connectivity index (χ1) is 10.9. The summed E-state index contributed by atoms with van der Waals surface area (Å²) in [7, 11) is 0. The second-order valence-electron chi connectivity index (χ2n) is 5.18. The van der Waals surface area contributed by atoms with Crippen molar-refractivity contribution in [2.75, 3.05) is 18.5 Å². The van der Waals surface area contributed by atoms with Gasteiger partial charge >= 0.3 is 12.1 Å². The summed E-state index contributed by atoms with van der Waals surface area (Å²) in [5.74, 6) is -2.05. The molecule has 128 valence electrons. The minimum absolute atomic E-state index is 0.0500. The van der Waals surface area contributed by atoms with Crippen LogP contribution in [0.3, 0.4) is 0 Å². The first kappa shape index (κ1) is 18.0. The molecule has 1 aliphatic rings. The summed E-state index contributed by atoms with van der Waals surface area (Å²) in [6, 6.07) is 4.46. The molecule has 2 rings (SSSR count). The number of alkyl halides is 3. The zero-order chi connectivity index (χ0) is 16.9. The first-order valence-electron chi connectivity index (χ1n) is 7.26. The van der Waals surface area contributed by atoms with E-state index in [1.807, 2.05) is 0 Å². The van der Waals surface area contributed by atoms with E-state index < -0.39 is 12.1 Å². The van der Waals surface area contributed by atoms with Crippen molar-refractivity contribution in [2.45, 2.75) is 38.1 Å². The number of hydrogen-bond donors (Lipinski definition) is 1. The molecule has 0 aliphatic carbocycles. The van der Waals surface area contributed by atoms with Gasteiger partial charge in [-0.3, -0.25) is 4.79 Å². The maximum atomic E-state index is 12.2. The highest BCUT2D eigenvalue weighted by atomic mass is 35.5. The van der Waals surface area contributed by atoms with Crippen LogP contribution in [0.25, 0.3) is 0 Å². The fourth-order valence-electron chi connectivity index (χ4n) is 2.16. The van der Waals surface area contributed by atoms with Crippen LogP contribution in [0, 0.1) is 0 Å². The van der Waals surface area contributed by atoms with E-state index in [0.717, 1.165) is 24.8 Å². The van der Waals surface area contributed by atoms with Crippen molar-refractivity contribution in [1.82, 2.24) is 0 Å². The molecule has 4 nitrogen and oxygen atoms in total. The van der Waals surface area contributed by atoms with Crippen LogP contribution in [-0.4, -0.2) is 31.6 Å². The van der Waals surface area contributed by atoms with Gasteiger partial charge in [-0.1, -0.05) is 17.7 Å². The van der Waals surface area contributed by atoms with E-state index in [9.17, 15) is 18.0 Å². The Balaban J connectivity index is 1.85. The molecule has 1 amide bonds.